The quantitative estimate of drug-likeness (QED) is 0.782. The van der Waals surface area contributed by atoms with E-state index in [-0.39, 0.29) is 5.91 Å². The van der Waals surface area contributed by atoms with Crippen LogP contribution in [0.5, 0.6) is 11.5 Å². The molecule has 0 spiro atoms. The second-order valence-corrected chi connectivity index (χ2v) is 6.09. The summed E-state index contributed by atoms with van der Waals surface area (Å²) in [6.45, 7) is 9.79. The molecular formula is C21H25NO3. The Morgan fingerprint density at radius 2 is 1.72 bits per heavy atom. The first kappa shape index (κ1) is 18.6. The molecule has 25 heavy (non-hydrogen) atoms. The molecule has 0 fully saturated rings. The maximum atomic E-state index is 12.8. The second-order valence-electron chi connectivity index (χ2n) is 6.09. The fraction of sp³-hybridized carbons (Fsp3) is 0.286. The van der Waals surface area contributed by atoms with Gasteiger partial charge in [-0.1, -0.05) is 23.8 Å². The number of benzene rings is 2. The number of ether oxygens (including phenoxy) is 2. The summed E-state index contributed by atoms with van der Waals surface area (Å²) in [6.07, 6.45) is 2.36. The zero-order valence-corrected chi connectivity index (χ0v) is 15.5. The molecule has 0 radical (unpaired) electrons. The molecule has 1 N–H and O–H groups in total. The zero-order valence-electron chi connectivity index (χ0n) is 15.5. The molecule has 2 aromatic rings. The monoisotopic (exact) mass is 339 g/mol. The van der Waals surface area contributed by atoms with Gasteiger partial charge in [0.15, 0.2) is 11.5 Å². The van der Waals surface area contributed by atoms with Gasteiger partial charge in [-0.2, -0.15) is 0 Å². The number of hydrogen-bond donors (Lipinski definition) is 1. The molecule has 2 aromatic carbocycles. The molecule has 0 atom stereocenters. The van der Waals surface area contributed by atoms with Crippen LogP contribution in [0.4, 0.5) is 5.69 Å². The summed E-state index contributed by atoms with van der Waals surface area (Å²) in [7, 11) is 3.15. The van der Waals surface area contributed by atoms with E-state index >= 15 is 0 Å². The molecule has 4 heteroatoms. The van der Waals surface area contributed by atoms with Gasteiger partial charge in [-0.25, -0.2) is 0 Å². The maximum Gasteiger partial charge on any atom is 0.255 e. The second kappa shape index (κ2) is 7.88. The van der Waals surface area contributed by atoms with E-state index in [4.69, 9.17) is 9.47 Å². The number of carbonyl (C=O) groups excluding carboxylic acids is 1. The Morgan fingerprint density at radius 3 is 2.24 bits per heavy atom. The summed E-state index contributed by atoms with van der Waals surface area (Å²) in [4.78, 5) is 12.8. The Labute approximate surface area is 149 Å². The highest BCUT2D eigenvalue weighted by atomic mass is 16.5. The molecule has 0 heterocycles. The lowest BCUT2D eigenvalue weighted by molar-refractivity contribution is 0.102. The van der Waals surface area contributed by atoms with Gasteiger partial charge in [-0.3, -0.25) is 4.79 Å². The van der Waals surface area contributed by atoms with Crippen LogP contribution in [0.25, 0.3) is 0 Å². The van der Waals surface area contributed by atoms with Crippen molar-refractivity contribution in [3.63, 3.8) is 0 Å². The van der Waals surface area contributed by atoms with Crippen molar-refractivity contribution >= 4 is 11.6 Å². The molecule has 0 aliphatic rings. The Hall–Kier alpha value is -2.75. The van der Waals surface area contributed by atoms with Crippen LogP contribution >= 0.6 is 0 Å². The van der Waals surface area contributed by atoms with Gasteiger partial charge in [-0.15, -0.1) is 6.58 Å². The highest BCUT2D eigenvalue weighted by molar-refractivity contribution is 6.05. The van der Waals surface area contributed by atoms with Crippen molar-refractivity contribution in [3.05, 3.63) is 64.7 Å². The minimum absolute atomic E-state index is 0.179. The molecule has 132 valence electrons. The first-order valence-electron chi connectivity index (χ1n) is 8.16. The Bertz CT molecular complexity index is 786. The van der Waals surface area contributed by atoms with Gasteiger partial charge in [0.1, 0.15) is 0 Å². The number of aryl methyl sites for hydroxylation is 3. The summed E-state index contributed by atoms with van der Waals surface area (Å²) in [5, 5.41) is 3.02. The third-order valence-electron chi connectivity index (χ3n) is 4.10. The topological polar surface area (TPSA) is 47.6 Å². The van der Waals surface area contributed by atoms with Crippen molar-refractivity contribution in [2.24, 2.45) is 0 Å². The van der Waals surface area contributed by atoms with Crippen LogP contribution in [-0.4, -0.2) is 20.1 Å². The van der Waals surface area contributed by atoms with Crippen LogP contribution in [0.3, 0.4) is 0 Å². The highest BCUT2D eigenvalue weighted by Gasteiger charge is 2.17. The standard InChI is InChI=1S/C21H25NO3/c1-7-8-16-11-17(12-18(24-5)20(16)25-6)21(23)22-19-14(3)9-13(2)10-15(19)4/h7,9-12H,1,8H2,2-6H3,(H,22,23). The number of amides is 1. The number of methoxy groups -OCH3 is 2. The van der Waals surface area contributed by atoms with Crippen molar-refractivity contribution in [2.75, 3.05) is 19.5 Å². The first-order chi connectivity index (χ1) is 11.9. The van der Waals surface area contributed by atoms with Gasteiger partial charge >= 0.3 is 0 Å². The van der Waals surface area contributed by atoms with Crippen molar-refractivity contribution in [2.45, 2.75) is 27.2 Å². The van der Waals surface area contributed by atoms with Crippen molar-refractivity contribution < 1.29 is 14.3 Å². The molecule has 2 rings (SSSR count). The van der Waals surface area contributed by atoms with E-state index in [9.17, 15) is 4.79 Å². The average Bonchev–Trinajstić information content (AvgIpc) is 2.57. The van der Waals surface area contributed by atoms with Crippen molar-refractivity contribution in [1.29, 1.82) is 0 Å². The zero-order chi connectivity index (χ0) is 18.6. The Balaban J connectivity index is 2.43. The molecule has 0 bridgehead atoms. The van der Waals surface area contributed by atoms with Gasteiger partial charge in [0.25, 0.3) is 5.91 Å². The van der Waals surface area contributed by atoms with Crippen LogP contribution < -0.4 is 14.8 Å². The smallest absolute Gasteiger partial charge is 0.255 e. The fourth-order valence-electron chi connectivity index (χ4n) is 3.04. The molecule has 0 unspecified atom stereocenters. The molecule has 0 saturated heterocycles. The number of carbonyl (C=O) groups is 1. The number of nitrogens with one attached hydrogen (secondary N) is 1. The van der Waals surface area contributed by atoms with E-state index in [1.165, 1.54) is 5.56 Å². The van der Waals surface area contributed by atoms with Gasteiger partial charge < -0.3 is 14.8 Å². The average molecular weight is 339 g/mol. The number of anilines is 1. The molecule has 0 aliphatic carbocycles. The van der Waals surface area contributed by atoms with Gasteiger partial charge in [0, 0.05) is 16.8 Å². The van der Waals surface area contributed by atoms with Gasteiger partial charge in [0.2, 0.25) is 0 Å². The van der Waals surface area contributed by atoms with Crippen molar-refractivity contribution in [3.8, 4) is 11.5 Å². The van der Waals surface area contributed by atoms with Gasteiger partial charge in [0.05, 0.1) is 14.2 Å². The summed E-state index contributed by atoms with van der Waals surface area (Å²) in [5.74, 6) is 0.979. The van der Waals surface area contributed by atoms with E-state index in [2.05, 4.69) is 24.0 Å². The predicted octanol–water partition coefficient (Wildman–Crippen LogP) is 4.61. The lowest BCUT2D eigenvalue weighted by atomic mass is 10.0. The summed E-state index contributed by atoms with van der Waals surface area (Å²) in [5.41, 5.74) is 5.48. The SMILES string of the molecule is C=CCc1cc(C(=O)Nc2c(C)cc(C)cc2C)cc(OC)c1OC. The summed E-state index contributed by atoms with van der Waals surface area (Å²) >= 11 is 0. The van der Waals surface area contributed by atoms with E-state index in [1.807, 2.05) is 26.8 Å². The third-order valence-corrected chi connectivity index (χ3v) is 4.10. The molecule has 1 amide bonds. The Kier molecular flexibility index (Phi) is 5.86. The van der Waals surface area contributed by atoms with E-state index in [0.717, 1.165) is 22.4 Å². The highest BCUT2D eigenvalue weighted by Crippen LogP contribution is 2.33. The molecule has 0 saturated carbocycles. The van der Waals surface area contributed by atoms with Crippen LogP contribution in [0, 0.1) is 20.8 Å². The number of allylic oxidation sites excluding steroid dienone is 1. The van der Waals surface area contributed by atoms with Crippen LogP contribution in [0.1, 0.15) is 32.6 Å². The summed E-state index contributed by atoms with van der Waals surface area (Å²) < 4.78 is 10.8. The Morgan fingerprint density at radius 1 is 1.08 bits per heavy atom. The minimum atomic E-state index is -0.179. The van der Waals surface area contributed by atoms with Crippen molar-refractivity contribution in [1.82, 2.24) is 0 Å². The number of rotatable bonds is 6. The maximum absolute atomic E-state index is 12.8. The molecule has 0 aliphatic heterocycles. The fourth-order valence-corrected chi connectivity index (χ4v) is 3.04. The normalized spacial score (nSPS) is 10.3. The first-order valence-corrected chi connectivity index (χ1v) is 8.16. The molecule has 4 nitrogen and oxygen atoms in total. The van der Waals surface area contributed by atoms with Gasteiger partial charge in [-0.05, 0) is 50.5 Å². The molecular weight excluding hydrogens is 314 g/mol. The number of hydrogen-bond acceptors (Lipinski definition) is 3. The summed E-state index contributed by atoms with van der Waals surface area (Å²) in [6, 6.07) is 7.62. The van der Waals surface area contributed by atoms with Crippen LogP contribution in [0.2, 0.25) is 0 Å². The van der Waals surface area contributed by atoms with E-state index in [0.29, 0.717) is 23.5 Å². The van der Waals surface area contributed by atoms with Crippen LogP contribution in [0.15, 0.2) is 36.9 Å². The largest absolute Gasteiger partial charge is 0.493 e. The lowest BCUT2D eigenvalue weighted by Crippen LogP contribution is -2.15. The predicted molar refractivity (Wildman–Crippen MR) is 102 cm³/mol. The van der Waals surface area contributed by atoms with E-state index in [1.54, 1.807) is 26.4 Å². The van der Waals surface area contributed by atoms with Crippen LogP contribution in [-0.2, 0) is 6.42 Å². The van der Waals surface area contributed by atoms with E-state index < -0.39 is 0 Å². The third kappa shape index (κ3) is 4.02. The molecule has 0 aromatic heterocycles. The lowest BCUT2D eigenvalue weighted by Gasteiger charge is -2.16. The minimum Gasteiger partial charge on any atom is -0.493 e.